The van der Waals surface area contributed by atoms with E-state index in [0.717, 1.165) is 12.8 Å². The van der Waals surface area contributed by atoms with Gasteiger partial charge in [-0.15, -0.1) is 0 Å². The number of morpholine rings is 1. The molecular formula is C21H25FN4O4. The minimum Gasteiger partial charge on any atom is -0.491 e. The Balaban J connectivity index is 1.30. The smallest absolute Gasteiger partial charge is 0.272 e. The van der Waals surface area contributed by atoms with Crippen LogP contribution in [0.2, 0.25) is 0 Å². The summed E-state index contributed by atoms with van der Waals surface area (Å²) in [5, 5.41) is 4.05. The van der Waals surface area contributed by atoms with Crippen LogP contribution in [-0.2, 0) is 16.6 Å². The van der Waals surface area contributed by atoms with Gasteiger partial charge in [0.25, 0.3) is 5.91 Å². The summed E-state index contributed by atoms with van der Waals surface area (Å²) >= 11 is 0. The van der Waals surface area contributed by atoms with Gasteiger partial charge < -0.3 is 19.3 Å². The number of hydrogen-bond acceptors (Lipinski definition) is 5. The monoisotopic (exact) mass is 416 g/mol. The Labute approximate surface area is 174 Å². The summed E-state index contributed by atoms with van der Waals surface area (Å²) in [4.78, 5) is 28.7. The lowest BCUT2D eigenvalue weighted by atomic mass is 10.0. The zero-order chi connectivity index (χ0) is 21.1. The largest absolute Gasteiger partial charge is 0.491 e. The summed E-state index contributed by atoms with van der Waals surface area (Å²) in [5.41, 5.74) is 0.564. The van der Waals surface area contributed by atoms with Crippen molar-refractivity contribution in [2.24, 2.45) is 7.05 Å². The van der Waals surface area contributed by atoms with Crippen LogP contribution in [0.3, 0.4) is 0 Å². The van der Waals surface area contributed by atoms with Crippen LogP contribution in [0.5, 0.6) is 5.75 Å². The van der Waals surface area contributed by atoms with Crippen molar-refractivity contribution in [2.45, 2.75) is 25.0 Å². The molecule has 0 bridgehead atoms. The second-order valence-electron chi connectivity index (χ2n) is 7.61. The molecule has 2 aliphatic heterocycles. The van der Waals surface area contributed by atoms with Gasteiger partial charge in [0.05, 0.1) is 6.54 Å². The number of hydrogen-bond donors (Lipinski definition) is 0. The zero-order valence-electron chi connectivity index (χ0n) is 16.9. The van der Waals surface area contributed by atoms with E-state index < -0.39 is 0 Å². The molecule has 0 N–H and O–H groups in total. The number of ether oxygens (including phenoxy) is 2. The number of carbonyl (C=O) groups is 2. The van der Waals surface area contributed by atoms with Crippen LogP contribution in [0.1, 0.15) is 23.3 Å². The van der Waals surface area contributed by atoms with Crippen LogP contribution in [0.4, 0.5) is 4.39 Å². The molecule has 0 saturated carbocycles. The van der Waals surface area contributed by atoms with Gasteiger partial charge in [0.2, 0.25) is 5.91 Å². The van der Waals surface area contributed by atoms with Crippen LogP contribution in [0.15, 0.2) is 36.5 Å². The number of likely N-dealkylation sites (tertiary alicyclic amines) is 1. The van der Waals surface area contributed by atoms with Gasteiger partial charge >= 0.3 is 0 Å². The first-order valence-corrected chi connectivity index (χ1v) is 10.1. The van der Waals surface area contributed by atoms with E-state index in [1.165, 1.54) is 12.1 Å². The molecule has 1 unspecified atom stereocenters. The number of rotatable bonds is 5. The maximum absolute atomic E-state index is 13.0. The minimum absolute atomic E-state index is 0.0195. The van der Waals surface area contributed by atoms with Crippen molar-refractivity contribution in [1.29, 1.82) is 0 Å². The van der Waals surface area contributed by atoms with Gasteiger partial charge in [0, 0.05) is 32.4 Å². The minimum atomic E-state index is -0.318. The fourth-order valence-electron chi connectivity index (χ4n) is 3.95. The number of aryl methyl sites for hydroxylation is 1. The molecule has 8 nitrogen and oxygen atoms in total. The van der Waals surface area contributed by atoms with Gasteiger partial charge in [0.15, 0.2) is 0 Å². The summed E-state index contributed by atoms with van der Waals surface area (Å²) in [6, 6.07) is 7.60. The van der Waals surface area contributed by atoms with Gasteiger partial charge in [-0.05, 0) is 43.2 Å². The second kappa shape index (κ2) is 8.83. The van der Waals surface area contributed by atoms with Crippen molar-refractivity contribution < 1.29 is 23.5 Å². The van der Waals surface area contributed by atoms with Gasteiger partial charge in [-0.25, -0.2) is 4.39 Å². The molecule has 9 heteroatoms. The normalized spacial score (nSPS) is 20.5. The second-order valence-corrected chi connectivity index (χ2v) is 7.61. The lowest BCUT2D eigenvalue weighted by Gasteiger charge is -2.42. The van der Waals surface area contributed by atoms with Gasteiger partial charge in [-0.3, -0.25) is 14.3 Å². The van der Waals surface area contributed by atoms with E-state index in [0.29, 0.717) is 31.1 Å². The molecule has 2 saturated heterocycles. The fraction of sp³-hybridized carbons (Fsp3) is 0.476. The Morgan fingerprint density at radius 3 is 2.63 bits per heavy atom. The molecule has 3 heterocycles. The molecule has 4 rings (SSSR count). The predicted octanol–water partition coefficient (Wildman–Crippen LogP) is 1.47. The van der Waals surface area contributed by atoms with E-state index in [1.54, 1.807) is 36.1 Å². The molecular weight excluding hydrogens is 391 g/mol. The number of carbonyl (C=O) groups excluding carboxylic acids is 2. The number of piperidine rings is 1. The van der Waals surface area contributed by atoms with Crippen LogP contribution in [0, 0.1) is 5.82 Å². The quantitative estimate of drug-likeness (QED) is 0.738. The highest BCUT2D eigenvalue weighted by molar-refractivity contribution is 5.92. The van der Waals surface area contributed by atoms with Crippen molar-refractivity contribution in [3.63, 3.8) is 0 Å². The molecule has 1 aromatic heterocycles. The standard InChI is InChI=1S/C21H25FN4O4/c1-24-19(6-9-23-24)21(28)25-10-7-16(8-11-25)26-12-18(30-14-20(26)27)13-29-17-4-2-15(22)3-5-17/h2-6,9,16,18H,7-8,10-14H2,1H3. The first-order chi connectivity index (χ1) is 14.5. The Bertz CT molecular complexity index is 893. The molecule has 160 valence electrons. The Morgan fingerprint density at radius 1 is 1.23 bits per heavy atom. The number of amides is 2. The molecule has 30 heavy (non-hydrogen) atoms. The first kappa shape index (κ1) is 20.3. The predicted molar refractivity (Wildman–Crippen MR) is 105 cm³/mol. The van der Waals surface area contributed by atoms with E-state index >= 15 is 0 Å². The van der Waals surface area contributed by atoms with Crippen LogP contribution in [0.25, 0.3) is 0 Å². The Kier molecular flexibility index (Phi) is 5.98. The molecule has 2 aliphatic rings. The van der Waals surface area contributed by atoms with E-state index in [9.17, 15) is 14.0 Å². The summed E-state index contributed by atoms with van der Waals surface area (Å²) in [6.07, 6.45) is 2.81. The molecule has 1 atom stereocenters. The third-order valence-electron chi connectivity index (χ3n) is 5.65. The molecule has 0 radical (unpaired) electrons. The van der Waals surface area contributed by atoms with Crippen LogP contribution >= 0.6 is 0 Å². The van der Waals surface area contributed by atoms with Crippen molar-refractivity contribution in [1.82, 2.24) is 19.6 Å². The zero-order valence-corrected chi connectivity index (χ0v) is 16.9. The SMILES string of the molecule is Cn1nccc1C(=O)N1CCC(N2CC(COc3ccc(F)cc3)OCC2=O)CC1. The highest BCUT2D eigenvalue weighted by Crippen LogP contribution is 2.22. The van der Waals surface area contributed by atoms with Crippen molar-refractivity contribution in [2.75, 3.05) is 32.8 Å². The van der Waals surface area contributed by atoms with Gasteiger partial charge in [-0.2, -0.15) is 5.10 Å². The number of halogens is 1. The van der Waals surface area contributed by atoms with E-state index in [2.05, 4.69) is 5.10 Å². The average Bonchev–Trinajstić information content (AvgIpc) is 3.20. The van der Waals surface area contributed by atoms with E-state index in [4.69, 9.17) is 9.47 Å². The number of aromatic nitrogens is 2. The molecule has 0 spiro atoms. The maximum Gasteiger partial charge on any atom is 0.272 e. The topological polar surface area (TPSA) is 76.9 Å². The van der Waals surface area contributed by atoms with Crippen molar-refractivity contribution in [3.8, 4) is 5.75 Å². The summed E-state index contributed by atoms with van der Waals surface area (Å²) < 4.78 is 25.9. The average molecular weight is 416 g/mol. The summed E-state index contributed by atoms with van der Waals surface area (Å²) in [6.45, 7) is 1.94. The summed E-state index contributed by atoms with van der Waals surface area (Å²) in [5.74, 6) is 0.170. The Hall–Kier alpha value is -2.94. The summed E-state index contributed by atoms with van der Waals surface area (Å²) in [7, 11) is 1.75. The van der Waals surface area contributed by atoms with Crippen LogP contribution in [-0.4, -0.2) is 76.4 Å². The van der Waals surface area contributed by atoms with E-state index in [-0.39, 0.29) is 43.0 Å². The highest BCUT2D eigenvalue weighted by Gasteiger charge is 2.35. The third kappa shape index (κ3) is 4.46. The lowest BCUT2D eigenvalue weighted by molar-refractivity contribution is -0.155. The highest BCUT2D eigenvalue weighted by atomic mass is 19.1. The molecule has 2 fully saturated rings. The van der Waals surface area contributed by atoms with Gasteiger partial charge in [0.1, 0.15) is 36.6 Å². The maximum atomic E-state index is 13.0. The van der Waals surface area contributed by atoms with Gasteiger partial charge in [-0.1, -0.05) is 0 Å². The third-order valence-corrected chi connectivity index (χ3v) is 5.65. The van der Waals surface area contributed by atoms with Crippen molar-refractivity contribution >= 4 is 11.8 Å². The molecule has 0 aliphatic carbocycles. The molecule has 1 aromatic carbocycles. The van der Waals surface area contributed by atoms with Crippen molar-refractivity contribution in [3.05, 3.63) is 48.0 Å². The van der Waals surface area contributed by atoms with Crippen LogP contribution < -0.4 is 4.74 Å². The lowest BCUT2D eigenvalue weighted by Crippen LogP contribution is -2.56. The van der Waals surface area contributed by atoms with E-state index in [1.807, 2.05) is 9.80 Å². The first-order valence-electron chi connectivity index (χ1n) is 10.1. The fourth-order valence-corrected chi connectivity index (χ4v) is 3.95. The Morgan fingerprint density at radius 2 is 1.97 bits per heavy atom. The molecule has 2 aromatic rings. The molecule has 2 amide bonds. The number of nitrogens with zero attached hydrogens (tertiary/aromatic N) is 4. The number of benzene rings is 1.